The Bertz CT molecular complexity index is 929. The number of nitrogens with two attached hydrogens (primary N) is 1. The first-order valence-electron chi connectivity index (χ1n) is 7.20. The Hall–Kier alpha value is -3.48. The van der Waals surface area contributed by atoms with Gasteiger partial charge < -0.3 is 15.5 Å². The summed E-state index contributed by atoms with van der Waals surface area (Å²) in [5, 5.41) is 2.54. The fraction of sp³-hybridized carbons (Fsp3) is 0. The van der Waals surface area contributed by atoms with Gasteiger partial charge in [0.05, 0.1) is 0 Å². The number of amides is 2. The van der Waals surface area contributed by atoms with Crippen LogP contribution in [0.2, 0.25) is 0 Å². The smallest absolute Gasteiger partial charge is 0.284 e. The summed E-state index contributed by atoms with van der Waals surface area (Å²) < 4.78 is 31.6. The highest BCUT2D eigenvalue weighted by molar-refractivity contribution is 6.04. The van der Waals surface area contributed by atoms with Crippen LogP contribution in [0.4, 0.5) is 14.5 Å². The van der Waals surface area contributed by atoms with Gasteiger partial charge in [-0.25, -0.2) is 8.78 Å². The lowest BCUT2D eigenvalue weighted by molar-refractivity contribution is 0.0973. The Labute approximate surface area is 141 Å². The topological polar surface area (TPSA) is 85.3 Å². The SMILES string of the molecule is NC(=O)c1ccc(-c2ccc(NC(=O)c3cc(F)cc(F)c3)cc2)o1. The molecule has 3 rings (SSSR count). The second-order valence-electron chi connectivity index (χ2n) is 5.22. The van der Waals surface area contributed by atoms with Crippen LogP contribution in [0.1, 0.15) is 20.9 Å². The zero-order valence-electron chi connectivity index (χ0n) is 12.8. The van der Waals surface area contributed by atoms with Gasteiger partial charge in [0, 0.05) is 22.9 Å². The molecule has 1 aromatic heterocycles. The van der Waals surface area contributed by atoms with Crippen LogP contribution in [-0.4, -0.2) is 11.8 Å². The monoisotopic (exact) mass is 342 g/mol. The minimum absolute atomic E-state index is 0.0421. The first-order chi connectivity index (χ1) is 11.9. The van der Waals surface area contributed by atoms with E-state index in [0.29, 0.717) is 23.1 Å². The van der Waals surface area contributed by atoms with E-state index in [1.807, 2.05) is 0 Å². The molecule has 5 nitrogen and oxygen atoms in total. The average Bonchev–Trinajstić information content (AvgIpc) is 3.05. The highest BCUT2D eigenvalue weighted by Crippen LogP contribution is 2.24. The summed E-state index contributed by atoms with van der Waals surface area (Å²) in [6.07, 6.45) is 0. The van der Waals surface area contributed by atoms with Crippen LogP contribution in [0.25, 0.3) is 11.3 Å². The largest absolute Gasteiger partial charge is 0.451 e. The number of furan rings is 1. The van der Waals surface area contributed by atoms with E-state index in [2.05, 4.69) is 5.32 Å². The third-order valence-corrected chi connectivity index (χ3v) is 3.40. The van der Waals surface area contributed by atoms with Crippen molar-refractivity contribution in [2.45, 2.75) is 0 Å². The van der Waals surface area contributed by atoms with Crippen LogP contribution >= 0.6 is 0 Å². The van der Waals surface area contributed by atoms with E-state index in [9.17, 15) is 18.4 Å². The minimum atomic E-state index is -0.830. The highest BCUT2D eigenvalue weighted by atomic mass is 19.1. The van der Waals surface area contributed by atoms with Crippen molar-refractivity contribution in [1.29, 1.82) is 0 Å². The van der Waals surface area contributed by atoms with Gasteiger partial charge >= 0.3 is 0 Å². The van der Waals surface area contributed by atoms with Gasteiger partial charge in [-0.2, -0.15) is 0 Å². The van der Waals surface area contributed by atoms with Crippen LogP contribution in [0.15, 0.2) is 59.0 Å². The number of rotatable bonds is 4. The molecular weight excluding hydrogens is 330 g/mol. The molecule has 0 spiro atoms. The van der Waals surface area contributed by atoms with Crippen LogP contribution in [-0.2, 0) is 0 Å². The molecule has 3 N–H and O–H groups in total. The Balaban J connectivity index is 1.75. The van der Waals surface area contributed by atoms with E-state index in [4.69, 9.17) is 10.2 Å². The molecule has 0 saturated heterocycles. The summed E-state index contributed by atoms with van der Waals surface area (Å²) in [5.74, 6) is -2.48. The molecule has 2 amide bonds. The molecule has 0 bridgehead atoms. The number of carbonyl (C=O) groups is 2. The van der Waals surface area contributed by atoms with Crippen molar-refractivity contribution in [3.63, 3.8) is 0 Å². The first kappa shape index (κ1) is 16.4. The molecule has 0 aliphatic heterocycles. The third kappa shape index (κ3) is 3.72. The molecule has 0 fully saturated rings. The van der Waals surface area contributed by atoms with Crippen molar-refractivity contribution in [1.82, 2.24) is 0 Å². The maximum absolute atomic E-state index is 13.2. The number of benzene rings is 2. The molecule has 0 aliphatic carbocycles. The van der Waals surface area contributed by atoms with Crippen LogP contribution in [0.3, 0.4) is 0 Å². The quantitative estimate of drug-likeness (QED) is 0.760. The lowest BCUT2D eigenvalue weighted by Gasteiger charge is -2.06. The molecule has 0 unspecified atom stereocenters. The summed E-state index contributed by atoms with van der Waals surface area (Å²) in [6, 6.07) is 12.1. The zero-order chi connectivity index (χ0) is 18.0. The van der Waals surface area contributed by atoms with Crippen molar-refractivity contribution >= 4 is 17.5 Å². The maximum Gasteiger partial charge on any atom is 0.284 e. The molecule has 1 heterocycles. The minimum Gasteiger partial charge on any atom is -0.451 e. The van der Waals surface area contributed by atoms with Gasteiger partial charge in [-0.05, 0) is 48.5 Å². The molecule has 0 radical (unpaired) electrons. The van der Waals surface area contributed by atoms with Crippen LogP contribution < -0.4 is 11.1 Å². The van der Waals surface area contributed by atoms with E-state index in [0.717, 1.165) is 12.1 Å². The summed E-state index contributed by atoms with van der Waals surface area (Å²) in [6.45, 7) is 0. The Morgan fingerprint density at radius 2 is 1.56 bits per heavy atom. The predicted octanol–water partition coefficient (Wildman–Crippen LogP) is 3.58. The number of hydrogen-bond donors (Lipinski definition) is 2. The number of carbonyl (C=O) groups excluding carboxylic acids is 2. The van der Waals surface area contributed by atoms with Crippen molar-refractivity contribution in [3.8, 4) is 11.3 Å². The third-order valence-electron chi connectivity index (χ3n) is 3.40. The van der Waals surface area contributed by atoms with E-state index in [1.165, 1.54) is 6.07 Å². The van der Waals surface area contributed by atoms with Gasteiger partial charge in [-0.3, -0.25) is 9.59 Å². The Morgan fingerprint density at radius 3 is 2.12 bits per heavy atom. The molecule has 3 aromatic rings. The number of nitrogens with one attached hydrogen (secondary N) is 1. The molecule has 126 valence electrons. The maximum atomic E-state index is 13.2. The fourth-order valence-corrected chi connectivity index (χ4v) is 2.23. The average molecular weight is 342 g/mol. The van der Waals surface area contributed by atoms with Crippen molar-refractivity contribution in [2.75, 3.05) is 5.32 Å². The van der Waals surface area contributed by atoms with Crippen LogP contribution in [0, 0.1) is 11.6 Å². The zero-order valence-corrected chi connectivity index (χ0v) is 12.8. The van der Waals surface area contributed by atoms with Gasteiger partial charge in [0.1, 0.15) is 17.4 Å². The molecule has 0 atom stereocenters. The molecule has 25 heavy (non-hydrogen) atoms. The number of hydrogen-bond acceptors (Lipinski definition) is 3. The molecule has 2 aromatic carbocycles. The van der Waals surface area contributed by atoms with Crippen LogP contribution in [0.5, 0.6) is 0 Å². The summed E-state index contributed by atoms with van der Waals surface area (Å²) >= 11 is 0. The lowest BCUT2D eigenvalue weighted by atomic mass is 10.1. The lowest BCUT2D eigenvalue weighted by Crippen LogP contribution is -2.12. The highest BCUT2D eigenvalue weighted by Gasteiger charge is 2.11. The normalized spacial score (nSPS) is 10.5. The molecule has 7 heteroatoms. The molecule has 0 aliphatic rings. The van der Waals surface area contributed by atoms with E-state index < -0.39 is 23.4 Å². The number of halogens is 2. The standard InChI is InChI=1S/C18H12F2N2O3/c19-12-7-11(8-13(20)9-12)18(24)22-14-3-1-10(2-4-14)15-5-6-16(25-15)17(21)23/h1-9H,(H2,21,23)(H,22,24). The van der Waals surface area contributed by atoms with E-state index >= 15 is 0 Å². The van der Waals surface area contributed by atoms with Gasteiger partial charge in [-0.15, -0.1) is 0 Å². The molecule has 0 saturated carbocycles. The number of anilines is 1. The van der Waals surface area contributed by atoms with E-state index in [1.54, 1.807) is 30.3 Å². The van der Waals surface area contributed by atoms with Crippen molar-refractivity contribution < 1.29 is 22.8 Å². The Kier molecular flexibility index (Phi) is 4.30. The summed E-state index contributed by atoms with van der Waals surface area (Å²) in [7, 11) is 0. The van der Waals surface area contributed by atoms with E-state index in [-0.39, 0.29) is 11.3 Å². The second-order valence-corrected chi connectivity index (χ2v) is 5.22. The van der Waals surface area contributed by atoms with Gasteiger partial charge in [0.2, 0.25) is 0 Å². The van der Waals surface area contributed by atoms with Gasteiger partial charge in [0.25, 0.3) is 11.8 Å². The van der Waals surface area contributed by atoms with Gasteiger partial charge in [-0.1, -0.05) is 0 Å². The van der Waals surface area contributed by atoms with Crippen molar-refractivity contribution in [2.24, 2.45) is 5.73 Å². The summed E-state index contributed by atoms with van der Waals surface area (Å²) in [4.78, 5) is 23.1. The number of primary amides is 1. The first-order valence-corrected chi connectivity index (χ1v) is 7.20. The van der Waals surface area contributed by atoms with Gasteiger partial charge in [0.15, 0.2) is 5.76 Å². The van der Waals surface area contributed by atoms with Crippen molar-refractivity contribution in [3.05, 3.63) is 77.6 Å². The summed E-state index contributed by atoms with van der Waals surface area (Å²) in [5.41, 5.74) is 6.10. The molecular formula is C18H12F2N2O3. The predicted molar refractivity (Wildman–Crippen MR) is 87.0 cm³/mol. The second kappa shape index (κ2) is 6.56. The fourth-order valence-electron chi connectivity index (χ4n) is 2.23. The Morgan fingerprint density at radius 1 is 0.920 bits per heavy atom.